The minimum atomic E-state index is -0.0643. The van der Waals surface area contributed by atoms with Gasteiger partial charge in [-0.3, -0.25) is 9.78 Å². The first-order chi connectivity index (χ1) is 10.1. The smallest absolute Gasteiger partial charge is 0.261 e. The van der Waals surface area contributed by atoms with E-state index in [1.807, 2.05) is 37.3 Å². The highest BCUT2D eigenvalue weighted by Gasteiger charge is 2.17. The van der Waals surface area contributed by atoms with E-state index in [1.54, 1.807) is 24.3 Å². The van der Waals surface area contributed by atoms with Crippen molar-refractivity contribution in [2.75, 3.05) is 23.8 Å². The molecule has 110 valence electrons. The van der Waals surface area contributed by atoms with Crippen molar-refractivity contribution in [3.05, 3.63) is 53.9 Å². The maximum atomic E-state index is 12.7. The largest absolute Gasteiger partial charge is 0.384 e. The Labute approximate surface area is 125 Å². The third-order valence-corrected chi connectivity index (χ3v) is 3.34. The average molecular weight is 283 g/mol. The van der Waals surface area contributed by atoms with Crippen molar-refractivity contribution in [1.82, 2.24) is 4.98 Å². The number of nitrogens with zero attached hydrogens (tertiary/aromatic N) is 2. The van der Waals surface area contributed by atoms with Gasteiger partial charge in [0.05, 0.1) is 11.3 Å². The van der Waals surface area contributed by atoms with Gasteiger partial charge in [0.15, 0.2) is 0 Å². The third kappa shape index (κ3) is 3.60. The second-order valence-electron chi connectivity index (χ2n) is 5.05. The summed E-state index contributed by atoms with van der Waals surface area (Å²) in [5.41, 5.74) is 3.46. The molecule has 4 heteroatoms. The molecular formula is C17H21N3O. The van der Waals surface area contributed by atoms with Gasteiger partial charge in [-0.25, -0.2) is 0 Å². The number of hydrogen-bond acceptors (Lipinski definition) is 3. The predicted molar refractivity (Wildman–Crippen MR) is 86.9 cm³/mol. The van der Waals surface area contributed by atoms with Crippen molar-refractivity contribution in [2.24, 2.45) is 0 Å². The van der Waals surface area contributed by atoms with Crippen LogP contribution in [-0.4, -0.2) is 24.5 Å². The van der Waals surface area contributed by atoms with Crippen molar-refractivity contribution < 1.29 is 4.79 Å². The van der Waals surface area contributed by atoms with E-state index in [0.29, 0.717) is 5.56 Å². The lowest BCUT2D eigenvalue weighted by Crippen LogP contribution is -2.27. The Bertz CT molecular complexity index is 608. The highest BCUT2D eigenvalue weighted by Crippen LogP contribution is 2.20. The van der Waals surface area contributed by atoms with Gasteiger partial charge in [-0.1, -0.05) is 24.6 Å². The van der Waals surface area contributed by atoms with E-state index in [9.17, 15) is 4.79 Å². The van der Waals surface area contributed by atoms with E-state index in [2.05, 4.69) is 17.2 Å². The molecule has 0 saturated carbocycles. The fourth-order valence-electron chi connectivity index (χ4n) is 2.05. The molecule has 2 rings (SSSR count). The van der Waals surface area contributed by atoms with Gasteiger partial charge in [0, 0.05) is 31.7 Å². The Kier molecular flexibility index (Phi) is 4.93. The van der Waals surface area contributed by atoms with Gasteiger partial charge in [0.1, 0.15) is 0 Å². The highest BCUT2D eigenvalue weighted by molar-refractivity contribution is 6.09. The van der Waals surface area contributed by atoms with Crippen LogP contribution in [0.3, 0.4) is 0 Å². The fraction of sp³-hybridized carbons (Fsp3) is 0.294. The molecule has 1 aromatic carbocycles. The van der Waals surface area contributed by atoms with E-state index in [-0.39, 0.29) is 5.91 Å². The summed E-state index contributed by atoms with van der Waals surface area (Å²) in [6.45, 7) is 4.95. The number of hydrogen-bond donors (Lipinski definition) is 1. The number of benzene rings is 1. The molecule has 0 aliphatic rings. The maximum absolute atomic E-state index is 12.7. The Morgan fingerprint density at radius 2 is 1.95 bits per heavy atom. The Morgan fingerprint density at radius 1 is 1.24 bits per heavy atom. The molecule has 0 atom stereocenters. The molecule has 0 bridgehead atoms. The molecule has 0 spiro atoms. The van der Waals surface area contributed by atoms with Crippen LogP contribution in [0.4, 0.5) is 11.4 Å². The van der Waals surface area contributed by atoms with Crippen molar-refractivity contribution in [2.45, 2.75) is 20.3 Å². The molecule has 0 fully saturated rings. The van der Waals surface area contributed by atoms with Crippen molar-refractivity contribution >= 4 is 17.3 Å². The van der Waals surface area contributed by atoms with Crippen LogP contribution in [0.25, 0.3) is 0 Å². The van der Waals surface area contributed by atoms with E-state index in [0.717, 1.165) is 24.3 Å². The number of amides is 1. The number of nitrogens with one attached hydrogen (secondary N) is 1. The first-order valence-electron chi connectivity index (χ1n) is 7.16. The maximum Gasteiger partial charge on any atom is 0.261 e. The fourth-order valence-corrected chi connectivity index (χ4v) is 2.05. The summed E-state index contributed by atoms with van der Waals surface area (Å²) in [6, 6.07) is 9.73. The normalized spacial score (nSPS) is 10.2. The lowest BCUT2D eigenvalue weighted by Gasteiger charge is -2.19. The van der Waals surface area contributed by atoms with E-state index >= 15 is 0 Å². The Balaban J connectivity index is 2.24. The molecule has 1 aromatic heterocycles. The molecule has 1 heterocycles. The van der Waals surface area contributed by atoms with Crippen LogP contribution in [0.1, 0.15) is 29.3 Å². The molecule has 0 aliphatic carbocycles. The van der Waals surface area contributed by atoms with Gasteiger partial charge in [0.25, 0.3) is 5.91 Å². The standard InChI is InChI=1S/C17H21N3O/c1-4-10-19-16-9-11-18-12-15(16)17(21)20(3)14-7-5-13(2)6-8-14/h5-9,11-12H,4,10H2,1-3H3,(H,18,19). The summed E-state index contributed by atoms with van der Waals surface area (Å²) >= 11 is 0. The molecule has 21 heavy (non-hydrogen) atoms. The predicted octanol–water partition coefficient (Wildman–Crippen LogP) is 3.49. The number of rotatable bonds is 5. The van der Waals surface area contributed by atoms with Crippen LogP contribution in [0.15, 0.2) is 42.7 Å². The van der Waals surface area contributed by atoms with Gasteiger partial charge in [-0.2, -0.15) is 0 Å². The topological polar surface area (TPSA) is 45.2 Å². The van der Waals surface area contributed by atoms with Gasteiger partial charge < -0.3 is 10.2 Å². The molecule has 2 aromatic rings. The van der Waals surface area contributed by atoms with Crippen molar-refractivity contribution in [3.8, 4) is 0 Å². The first kappa shape index (κ1) is 15.0. The van der Waals surface area contributed by atoms with Crippen LogP contribution in [0.5, 0.6) is 0 Å². The molecule has 1 N–H and O–H groups in total. The number of carbonyl (C=O) groups excluding carboxylic acids is 1. The summed E-state index contributed by atoms with van der Waals surface area (Å²) in [5.74, 6) is -0.0643. The second-order valence-corrected chi connectivity index (χ2v) is 5.05. The summed E-state index contributed by atoms with van der Waals surface area (Å²) < 4.78 is 0. The molecule has 0 aliphatic heterocycles. The van der Waals surface area contributed by atoms with Crippen LogP contribution in [0.2, 0.25) is 0 Å². The zero-order valence-corrected chi connectivity index (χ0v) is 12.8. The number of anilines is 2. The van der Waals surface area contributed by atoms with Crippen LogP contribution in [-0.2, 0) is 0 Å². The van der Waals surface area contributed by atoms with Gasteiger partial charge in [-0.05, 0) is 31.5 Å². The second kappa shape index (κ2) is 6.88. The van der Waals surface area contributed by atoms with Gasteiger partial charge in [-0.15, -0.1) is 0 Å². The van der Waals surface area contributed by atoms with Crippen LogP contribution in [0, 0.1) is 6.92 Å². The SMILES string of the molecule is CCCNc1ccncc1C(=O)N(C)c1ccc(C)cc1. The molecular weight excluding hydrogens is 262 g/mol. The molecule has 4 nitrogen and oxygen atoms in total. The summed E-state index contributed by atoms with van der Waals surface area (Å²) in [6.07, 6.45) is 4.31. The molecule has 0 unspecified atom stereocenters. The first-order valence-corrected chi connectivity index (χ1v) is 7.16. The average Bonchev–Trinajstić information content (AvgIpc) is 2.52. The number of aryl methyl sites for hydroxylation is 1. The summed E-state index contributed by atoms with van der Waals surface area (Å²) in [7, 11) is 1.78. The van der Waals surface area contributed by atoms with Crippen molar-refractivity contribution in [3.63, 3.8) is 0 Å². The quantitative estimate of drug-likeness (QED) is 0.913. The monoisotopic (exact) mass is 283 g/mol. The van der Waals surface area contributed by atoms with E-state index in [4.69, 9.17) is 0 Å². The zero-order valence-electron chi connectivity index (χ0n) is 12.8. The van der Waals surface area contributed by atoms with Crippen LogP contribution < -0.4 is 10.2 Å². The van der Waals surface area contributed by atoms with Crippen molar-refractivity contribution in [1.29, 1.82) is 0 Å². The summed E-state index contributed by atoms with van der Waals surface area (Å²) in [5, 5.41) is 3.27. The third-order valence-electron chi connectivity index (χ3n) is 3.34. The Morgan fingerprint density at radius 3 is 2.62 bits per heavy atom. The lowest BCUT2D eigenvalue weighted by molar-refractivity contribution is 0.0993. The van der Waals surface area contributed by atoms with Gasteiger partial charge >= 0.3 is 0 Å². The summed E-state index contributed by atoms with van der Waals surface area (Å²) in [4.78, 5) is 18.4. The minimum absolute atomic E-state index is 0.0643. The minimum Gasteiger partial charge on any atom is -0.384 e. The number of pyridine rings is 1. The molecule has 0 saturated heterocycles. The Hall–Kier alpha value is -2.36. The molecule has 0 radical (unpaired) electrons. The number of carbonyl (C=O) groups is 1. The van der Waals surface area contributed by atoms with Gasteiger partial charge in [0.2, 0.25) is 0 Å². The van der Waals surface area contributed by atoms with Crippen LogP contribution >= 0.6 is 0 Å². The zero-order chi connectivity index (χ0) is 15.2. The van der Waals surface area contributed by atoms with E-state index < -0.39 is 0 Å². The number of aromatic nitrogens is 1. The molecule has 1 amide bonds. The lowest BCUT2D eigenvalue weighted by atomic mass is 10.1. The van der Waals surface area contributed by atoms with E-state index in [1.165, 1.54) is 5.56 Å². The highest BCUT2D eigenvalue weighted by atomic mass is 16.2.